The van der Waals surface area contributed by atoms with E-state index in [1.165, 1.54) is 19.4 Å². The van der Waals surface area contributed by atoms with E-state index in [1.807, 2.05) is 0 Å². The maximum Gasteiger partial charge on any atom is 0.236 e. The van der Waals surface area contributed by atoms with Gasteiger partial charge in [-0.3, -0.25) is 0 Å². The van der Waals surface area contributed by atoms with Crippen molar-refractivity contribution in [2.75, 3.05) is 12.8 Å². The summed E-state index contributed by atoms with van der Waals surface area (Å²) in [4.78, 5) is 3.33. The molecular weight excluding hydrogens is 171 g/mol. The van der Waals surface area contributed by atoms with Gasteiger partial charge in [-0.05, 0) is 0 Å². The fourth-order valence-corrected chi connectivity index (χ4v) is 0.557. The minimum Gasteiger partial charge on any atom is -0.495 e. The summed E-state index contributed by atoms with van der Waals surface area (Å²) in [6.45, 7) is 0. The first kappa shape index (κ1) is 9.97. The summed E-state index contributed by atoms with van der Waals surface area (Å²) in [6.07, 6.45) is 1.27. The number of methoxy groups -OCH3 is 1. The van der Waals surface area contributed by atoms with E-state index < -0.39 is 5.95 Å². The van der Waals surface area contributed by atoms with Crippen molar-refractivity contribution in [3.63, 3.8) is 0 Å². The van der Waals surface area contributed by atoms with Crippen LogP contribution in [-0.2, 0) is 0 Å². The third kappa shape index (κ3) is 2.23. The predicted octanol–water partition coefficient (Wildman–Crippen LogP) is 1.23. The number of nitrogen functional groups attached to an aromatic ring is 1. The molecule has 0 saturated carbocycles. The lowest BCUT2D eigenvalue weighted by molar-refractivity contribution is 0.410. The van der Waals surface area contributed by atoms with Gasteiger partial charge in [-0.25, -0.2) is 4.98 Å². The molecule has 0 aromatic carbocycles. The lowest BCUT2D eigenvalue weighted by Crippen LogP contribution is -1.94. The monoisotopic (exact) mass is 178 g/mol. The summed E-state index contributed by atoms with van der Waals surface area (Å²) in [5.41, 5.74) is 5.18. The molecule has 1 rings (SSSR count). The average Bonchev–Trinajstić information content (AvgIpc) is 1.95. The van der Waals surface area contributed by atoms with Crippen LogP contribution < -0.4 is 10.5 Å². The molecule has 0 atom stereocenters. The van der Waals surface area contributed by atoms with Gasteiger partial charge < -0.3 is 10.5 Å². The van der Waals surface area contributed by atoms with E-state index in [4.69, 9.17) is 10.5 Å². The summed E-state index contributed by atoms with van der Waals surface area (Å²) >= 11 is 0. The SMILES string of the molecule is COc1cnc(F)c(N)c1.Cl. The fourth-order valence-electron chi connectivity index (χ4n) is 0.557. The Balaban J connectivity index is 0.000001000. The van der Waals surface area contributed by atoms with Gasteiger partial charge in [0.25, 0.3) is 0 Å². The topological polar surface area (TPSA) is 48.1 Å². The smallest absolute Gasteiger partial charge is 0.236 e. The number of pyridine rings is 1. The number of hydrogen-bond acceptors (Lipinski definition) is 3. The zero-order valence-electron chi connectivity index (χ0n) is 5.87. The van der Waals surface area contributed by atoms with Crippen molar-refractivity contribution in [1.82, 2.24) is 4.98 Å². The number of aromatic nitrogens is 1. The van der Waals surface area contributed by atoms with Gasteiger partial charge in [0.05, 0.1) is 19.0 Å². The lowest BCUT2D eigenvalue weighted by atomic mass is 10.4. The fraction of sp³-hybridized carbons (Fsp3) is 0.167. The van der Waals surface area contributed by atoms with Crippen LogP contribution in [0.5, 0.6) is 5.75 Å². The highest BCUT2D eigenvalue weighted by molar-refractivity contribution is 5.85. The first-order valence-corrected chi connectivity index (χ1v) is 2.69. The molecule has 3 nitrogen and oxygen atoms in total. The van der Waals surface area contributed by atoms with Crippen molar-refractivity contribution < 1.29 is 9.13 Å². The normalized spacial score (nSPS) is 8.55. The largest absolute Gasteiger partial charge is 0.495 e. The van der Waals surface area contributed by atoms with Gasteiger partial charge >= 0.3 is 0 Å². The van der Waals surface area contributed by atoms with E-state index in [1.54, 1.807) is 0 Å². The molecule has 0 amide bonds. The first-order valence-electron chi connectivity index (χ1n) is 2.69. The zero-order chi connectivity index (χ0) is 7.56. The van der Waals surface area contributed by atoms with Gasteiger partial charge in [-0.2, -0.15) is 4.39 Å². The second-order valence-corrected chi connectivity index (χ2v) is 1.76. The Morgan fingerprint density at radius 3 is 2.73 bits per heavy atom. The molecule has 1 heterocycles. The summed E-state index contributed by atoms with van der Waals surface area (Å²) in [5, 5.41) is 0. The van der Waals surface area contributed by atoms with E-state index in [0.717, 1.165) is 0 Å². The number of nitrogens with zero attached hydrogens (tertiary/aromatic N) is 1. The van der Waals surface area contributed by atoms with Crippen LogP contribution in [0.15, 0.2) is 12.3 Å². The van der Waals surface area contributed by atoms with Crippen molar-refractivity contribution in [1.29, 1.82) is 0 Å². The Labute approximate surface area is 69.8 Å². The van der Waals surface area contributed by atoms with Crippen molar-refractivity contribution >= 4 is 18.1 Å². The van der Waals surface area contributed by atoms with Crippen LogP contribution in [0.25, 0.3) is 0 Å². The van der Waals surface area contributed by atoms with Crippen LogP contribution in [0, 0.1) is 5.95 Å². The Hall–Kier alpha value is -1.03. The summed E-state index contributed by atoms with van der Waals surface area (Å²) in [7, 11) is 1.47. The number of rotatable bonds is 1. The van der Waals surface area contributed by atoms with E-state index >= 15 is 0 Å². The van der Waals surface area contributed by atoms with Gasteiger partial charge in [-0.15, -0.1) is 12.4 Å². The molecule has 0 aliphatic carbocycles. The molecular formula is C6H8ClFN2O. The van der Waals surface area contributed by atoms with Crippen LogP contribution in [0.2, 0.25) is 0 Å². The zero-order valence-corrected chi connectivity index (χ0v) is 6.69. The molecule has 0 aliphatic rings. The highest BCUT2D eigenvalue weighted by Gasteiger charge is 1.99. The molecule has 0 spiro atoms. The molecule has 0 unspecified atom stereocenters. The van der Waals surface area contributed by atoms with Crippen molar-refractivity contribution in [2.24, 2.45) is 0 Å². The van der Waals surface area contributed by atoms with Gasteiger partial charge in [-0.1, -0.05) is 0 Å². The van der Waals surface area contributed by atoms with E-state index in [2.05, 4.69) is 4.98 Å². The van der Waals surface area contributed by atoms with Crippen molar-refractivity contribution in [3.8, 4) is 5.75 Å². The number of hydrogen-bond donors (Lipinski definition) is 1. The summed E-state index contributed by atoms with van der Waals surface area (Å²) in [5.74, 6) is -0.209. The molecule has 0 fully saturated rings. The number of ether oxygens (including phenoxy) is 1. The Bertz CT molecular complexity index is 244. The molecule has 62 valence electrons. The number of anilines is 1. The third-order valence-electron chi connectivity index (χ3n) is 1.08. The predicted molar refractivity (Wildman–Crippen MR) is 42.4 cm³/mol. The van der Waals surface area contributed by atoms with E-state index in [0.29, 0.717) is 5.75 Å². The molecule has 0 saturated heterocycles. The molecule has 1 aromatic rings. The molecule has 11 heavy (non-hydrogen) atoms. The van der Waals surface area contributed by atoms with Gasteiger partial charge in [0.2, 0.25) is 5.95 Å². The standard InChI is InChI=1S/C6H7FN2O.ClH/c1-10-4-2-5(8)6(7)9-3-4;/h2-3H,8H2,1H3;1H. The third-order valence-corrected chi connectivity index (χ3v) is 1.08. The van der Waals surface area contributed by atoms with Gasteiger partial charge in [0.1, 0.15) is 5.75 Å². The molecule has 1 aromatic heterocycles. The number of halogens is 2. The van der Waals surface area contributed by atoms with Crippen LogP contribution in [0.1, 0.15) is 0 Å². The van der Waals surface area contributed by atoms with Gasteiger partial charge in [0.15, 0.2) is 0 Å². The maximum absolute atomic E-state index is 12.3. The average molecular weight is 179 g/mol. The molecule has 0 aliphatic heterocycles. The van der Waals surface area contributed by atoms with Crippen LogP contribution in [-0.4, -0.2) is 12.1 Å². The Kier molecular flexibility index (Phi) is 3.60. The molecule has 5 heteroatoms. The van der Waals surface area contributed by atoms with Gasteiger partial charge in [0, 0.05) is 6.07 Å². The first-order chi connectivity index (χ1) is 4.74. The molecule has 2 N–H and O–H groups in total. The highest BCUT2D eigenvalue weighted by Crippen LogP contribution is 2.14. The van der Waals surface area contributed by atoms with Crippen molar-refractivity contribution in [3.05, 3.63) is 18.2 Å². The minimum atomic E-state index is -0.666. The lowest BCUT2D eigenvalue weighted by Gasteiger charge is -1.99. The van der Waals surface area contributed by atoms with Crippen molar-refractivity contribution in [2.45, 2.75) is 0 Å². The summed E-state index contributed by atoms with van der Waals surface area (Å²) in [6, 6.07) is 1.38. The molecule has 0 bridgehead atoms. The van der Waals surface area contributed by atoms with E-state index in [-0.39, 0.29) is 18.1 Å². The number of nitrogens with two attached hydrogens (primary N) is 1. The van der Waals surface area contributed by atoms with E-state index in [9.17, 15) is 4.39 Å². The Morgan fingerprint density at radius 1 is 1.64 bits per heavy atom. The quantitative estimate of drug-likeness (QED) is 0.659. The van der Waals surface area contributed by atoms with Crippen LogP contribution in [0.4, 0.5) is 10.1 Å². The second-order valence-electron chi connectivity index (χ2n) is 1.76. The summed E-state index contributed by atoms with van der Waals surface area (Å²) < 4.78 is 17.1. The minimum absolute atomic E-state index is 0. The molecule has 0 radical (unpaired) electrons. The Morgan fingerprint density at radius 2 is 2.27 bits per heavy atom. The highest BCUT2D eigenvalue weighted by atomic mass is 35.5. The van der Waals surface area contributed by atoms with Crippen LogP contribution in [0.3, 0.4) is 0 Å². The second kappa shape index (κ2) is 3.98. The van der Waals surface area contributed by atoms with Crippen LogP contribution >= 0.6 is 12.4 Å². The maximum atomic E-state index is 12.3.